The van der Waals surface area contributed by atoms with Crippen molar-refractivity contribution in [3.63, 3.8) is 0 Å². The molecule has 1 aromatic carbocycles. The zero-order valence-electron chi connectivity index (χ0n) is 10.9. The number of benzene rings is 1. The van der Waals surface area contributed by atoms with Crippen LogP contribution in [0.4, 0.5) is 5.82 Å². The molecule has 0 aliphatic carbocycles. The van der Waals surface area contributed by atoms with E-state index in [9.17, 15) is 0 Å². The van der Waals surface area contributed by atoms with Crippen molar-refractivity contribution in [1.82, 2.24) is 9.78 Å². The topological polar surface area (TPSA) is 53.1 Å². The SMILES string of the molecule is COc1c(-c2cc(N)n(C)n2)cc(C)c(Br)c1C. The van der Waals surface area contributed by atoms with E-state index in [1.807, 2.05) is 27.0 Å². The first kappa shape index (κ1) is 13.0. The van der Waals surface area contributed by atoms with Gasteiger partial charge in [0.2, 0.25) is 0 Å². The summed E-state index contributed by atoms with van der Waals surface area (Å²) in [4.78, 5) is 0. The Kier molecular flexibility index (Phi) is 3.34. The first-order valence-corrected chi connectivity index (χ1v) is 6.38. The maximum Gasteiger partial charge on any atom is 0.132 e. The number of hydrogen-bond donors (Lipinski definition) is 1. The lowest BCUT2D eigenvalue weighted by Crippen LogP contribution is -1.97. The molecule has 0 aliphatic rings. The predicted octanol–water partition coefficient (Wildman–Crippen LogP) is 3.06. The minimum atomic E-state index is 0.630. The lowest BCUT2D eigenvalue weighted by atomic mass is 10.0. The largest absolute Gasteiger partial charge is 0.496 e. The molecule has 0 saturated carbocycles. The van der Waals surface area contributed by atoms with Crippen LogP contribution in [0.5, 0.6) is 5.75 Å². The molecule has 1 aromatic heterocycles. The van der Waals surface area contributed by atoms with Gasteiger partial charge in [-0.1, -0.05) is 15.9 Å². The second-order valence-electron chi connectivity index (χ2n) is 4.29. The summed E-state index contributed by atoms with van der Waals surface area (Å²) in [6.45, 7) is 4.07. The predicted molar refractivity (Wildman–Crippen MR) is 76.8 cm³/mol. The highest BCUT2D eigenvalue weighted by atomic mass is 79.9. The molecule has 0 unspecified atom stereocenters. The van der Waals surface area contributed by atoms with Gasteiger partial charge in [-0.05, 0) is 25.5 Å². The zero-order valence-corrected chi connectivity index (χ0v) is 12.5. The normalized spacial score (nSPS) is 10.7. The maximum absolute atomic E-state index is 5.83. The number of halogens is 1. The monoisotopic (exact) mass is 309 g/mol. The Morgan fingerprint density at radius 2 is 2.00 bits per heavy atom. The average molecular weight is 310 g/mol. The summed E-state index contributed by atoms with van der Waals surface area (Å²) in [6, 6.07) is 3.91. The van der Waals surface area contributed by atoms with E-state index in [0.29, 0.717) is 5.82 Å². The number of methoxy groups -OCH3 is 1. The molecule has 0 fully saturated rings. The van der Waals surface area contributed by atoms with Crippen molar-refractivity contribution >= 4 is 21.7 Å². The summed E-state index contributed by atoms with van der Waals surface area (Å²) in [6.07, 6.45) is 0. The third-order valence-electron chi connectivity index (χ3n) is 3.02. The highest BCUT2D eigenvalue weighted by molar-refractivity contribution is 9.10. The summed E-state index contributed by atoms with van der Waals surface area (Å²) in [7, 11) is 3.49. The third kappa shape index (κ3) is 1.99. The van der Waals surface area contributed by atoms with Crippen LogP contribution in [-0.2, 0) is 7.05 Å². The molecule has 96 valence electrons. The second kappa shape index (κ2) is 4.65. The molecule has 18 heavy (non-hydrogen) atoms. The van der Waals surface area contributed by atoms with Crippen molar-refractivity contribution in [2.75, 3.05) is 12.8 Å². The Bertz CT molecular complexity index is 585. The molecule has 4 nitrogen and oxygen atoms in total. The van der Waals surface area contributed by atoms with E-state index in [0.717, 1.165) is 32.6 Å². The Morgan fingerprint density at radius 1 is 1.33 bits per heavy atom. The number of nitrogens with zero attached hydrogens (tertiary/aromatic N) is 2. The Morgan fingerprint density at radius 3 is 2.50 bits per heavy atom. The quantitative estimate of drug-likeness (QED) is 0.927. The van der Waals surface area contributed by atoms with Crippen LogP contribution in [0.3, 0.4) is 0 Å². The number of nitrogens with two attached hydrogens (primary N) is 1. The Labute approximate surface area is 115 Å². The van der Waals surface area contributed by atoms with E-state index in [1.165, 1.54) is 0 Å². The van der Waals surface area contributed by atoms with Crippen LogP contribution < -0.4 is 10.5 Å². The summed E-state index contributed by atoms with van der Waals surface area (Å²) >= 11 is 3.57. The first-order valence-electron chi connectivity index (χ1n) is 5.59. The summed E-state index contributed by atoms with van der Waals surface area (Å²) in [5.41, 5.74) is 9.82. The Balaban J connectivity index is 2.70. The Hall–Kier alpha value is -1.49. The number of hydrogen-bond acceptors (Lipinski definition) is 3. The molecule has 0 saturated heterocycles. The fraction of sp³-hybridized carbons (Fsp3) is 0.308. The summed E-state index contributed by atoms with van der Waals surface area (Å²) < 4.78 is 8.21. The third-order valence-corrected chi connectivity index (χ3v) is 4.24. The molecule has 2 rings (SSSR count). The summed E-state index contributed by atoms with van der Waals surface area (Å²) in [5, 5.41) is 4.40. The van der Waals surface area contributed by atoms with Crippen LogP contribution >= 0.6 is 15.9 Å². The smallest absolute Gasteiger partial charge is 0.132 e. The van der Waals surface area contributed by atoms with Crippen molar-refractivity contribution in [2.24, 2.45) is 7.05 Å². The molecule has 0 atom stereocenters. The van der Waals surface area contributed by atoms with Gasteiger partial charge in [0, 0.05) is 28.7 Å². The lowest BCUT2D eigenvalue weighted by Gasteiger charge is -2.13. The van der Waals surface area contributed by atoms with Crippen molar-refractivity contribution in [2.45, 2.75) is 13.8 Å². The van der Waals surface area contributed by atoms with Crippen LogP contribution in [0.15, 0.2) is 16.6 Å². The molecular weight excluding hydrogens is 294 g/mol. The molecule has 2 aromatic rings. The number of nitrogen functional groups attached to an aromatic ring is 1. The number of rotatable bonds is 2. The fourth-order valence-corrected chi connectivity index (χ4v) is 2.30. The van der Waals surface area contributed by atoms with Gasteiger partial charge in [0.15, 0.2) is 0 Å². The van der Waals surface area contributed by atoms with Gasteiger partial charge in [-0.25, -0.2) is 0 Å². The second-order valence-corrected chi connectivity index (χ2v) is 5.08. The van der Waals surface area contributed by atoms with E-state index in [4.69, 9.17) is 10.5 Å². The first-order chi connectivity index (χ1) is 8.45. The van der Waals surface area contributed by atoms with Crippen LogP contribution in [0.1, 0.15) is 11.1 Å². The highest BCUT2D eigenvalue weighted by Gasteiger charge is 2.16. The molecule has 0 amide bonds. The fourth-order valence-electron chi connectivity index (χ4n) is 2.01. The van der Waals surface area contributed by atoms with Gasteiger partial charge < -0.3 is 10.5 Å². The zero-order chi connectivity index (χ0) is 13.4. The van der Waals surface area contributed by atoms with Gasteiger partial charge in [0.25, 0.3) is 0 Å². The summed E-state index contributed by atoms with van der Waals surface area (Å²) in [5.74, 6) is 1.45. The van der Waals surface area contributed by atoms with E-state index in [-0.39, 0.29) is 0 Å². The molecule has 1 heterocycles. The highest BCUT2D eigenvalue weighted by Crippen LogP contribution is 2.38. The molecule has 0 bridgehead atoms. The van der Waals surface area contributed by atoms with Gasteiger partial charge in [-0.2, -0.15) is 5.10 Å². The van der Waals surface area contributed by atoms with Crippen molar-refractivity contribution in [1.29, 1.82) is 0 Å². The number of anilines is 1. The minimum Gasteiger partial charge on any atom is -0.496 e. The van der Waals surface area contributed by atoms with E-state index >= 15 is 0 Å². The van der Waals surface area contributed by atoms with Gasteiger partial charge >= 0.3 is 0 Å². The molecule has 5 heteroatoms. The molecular formula is C13H16BrN3O. The minimum absolute atomic E-state index is 0.630. The van der Waals surface area contributed by atoms with Crippen LogP contribution in [-0.4, -0.2) is 16.9 Å². The average Bonchev–Trinajstić information content (AvgIpc) is 2.66. The molecule has 0 radical (unpaired) electrons. The molecule has 2 N–H and O–H groups in total. The van der Waals surface area contributed by atoms with Gasteiger partial charge in [-0.3, -0.25) is 4.68 Å². The van der Waals surface area contributed by atoms with Crippen LogP contribution in [0, 0.1) is 13.8 Å². The van der Waals surface area contributed by atoms with Crippen molar-refractivity contribution in [3.8, 4) is 17.0 Å². The van der Waals surface area contributed by atoms with E-state index < -0.39 is 0 Å². The van der Waals surface area contributed by atoms with Gasteiger partial charge in [0.05, 0.1) is 12.8 Å². The maximum atomic E-state index is 5.83. The van der Waals surface area contributed by atoms with E-state index in [1.54, 1.807) is 11.8 Å². The number of ether oxygens (including phenoxy) is 1. The van der Waals surface area contributed by atoms with Crippen LogP contribution in [0.2, 0.25) is 0 Å². The van der Waals surface area contributed by atoms with E-state index in [2.05, 4.69) is 27.1 Å². The van der Waals surface area contributed by atoms with Crippen molar-refractivity contribution in [3.05, 3.63) is 27.7 Å². The number of aromatic nitrogens is 2. The molecule has 0 aliphatic heterocycles. The lowest BCUT2D eigenvalue weighted by molar-refractivity contribution is 0.412. The van der Waals surface area contributed by atoms with Crippen molar-refractivity contribution < 1.29 is 4.74 Å². The van der Waals surface area contributed by atoms with Gasteiger partial charge in [0.1, 0.15) is 11.6 Å². The van der Waals surface area contributed by atoms with Gasteiger partial charge in [-0.15, -0.1) is 0 Å². The molecule has 0 spiro atoms. The van der Waals surface area contributed by atoms with Crippen LogP contribution in [0.25, 0.3) is 11.3 Å². The standard InChI is InChI=1S/C13H16BrN3O/c1-7-5-9(10-6-11(15)17(3)16-10)13(18-4)8(2)12(7)14/h5-6H,15H2,1-4H3. The number of aryl methyl sites for hydroxylation is 2.